The lowest BCUT2D eigenvalue weighted by Gasteiger charge is -2.07. The quantitative estimate of drug-likeness (QED) is 0.533. The van der Waals surface area contributed by atoms with Crippen LogP contribution in [0, 0.1) is 3.57 Å². The Hall–Kier alpha value is -1.01. The molecule has 2 nitrogen and oxygen atoms in total. The minimum atomic E-state index is 0.0730. The molecule has 1 N–H and O–H groups in total. The van der Waals surface area contributed by atoms with Crippen molar-refractivity contribution in [2.45, 2.75) is 12.8 Å². The van der Waals surface area contributed by atoms with Gasteiger partial charge in [0.05, 0.1) is 11.4 Å². The van der Waals surface area contributed by atoms with Crippen molar-refractivity contribution in [2.75, 3.05) is 16.8 Å². The van der Waals surface area contributed by atoms with E-state index < -0.39 is 0 Å². The zero-order valence-electron chi connectivity index (χ0n) is 11.7. The lowest BCUT2D eigenvalue weighted by molar-refractivity contribution is -0.113. The first-order chi connectivity index (χ1) is 10.3. The Morgan fingerprint density at radius 2 is 1.76 bits per heavy atom. The summed E-state index contributed by atoms with van der Waals surface area (Å²) in [5.41, 5.74) is 2.26. The van der Waals surface area contributed by atoms with E-state index in [0.29, 0.717) is 5.75 Å². The third kappa shape index (κ3) is 6.09. The molecule has 0 saturated heterocycles. The Morgan fingerprint density at radius 1 is 1.05 bits per heavy atom. The van der Waals surface area contributed by atoms with Crippen LogP contribution in [0.25, 0.3) is 0 Å². The van der Waals surface area contributed by atoms with Crippen LogP contribution < -0.4 is 5.32 Å². The van der Waals surface area contributed by atoms with Crippen LogP contribution in [0.2, 0.25) is 0 Å². The number of carbonyl (C=O) groups is 1. The van der Waals surface area contributed by atoms with Gasteiger partial charge < -0.3 is 5.32 Å². The van der Waals surface area contributed by atoms with Gasteiger partial charge in [0.2, 0.25) is 5.91 Å². The van der Waals surface area contributed by atoms with E-state index in [4.69, 9.17) is 0 Å². The maximum absolute atomic E-state index is 11.9. The van der Waals surface area contributed by atoms with E-state index in [-0.39, 0.29) is 5.91 Å². The highest BCUT2D eigenvalue weighted by Gasteiger charge is 2.04. The number of rotatable bonds is 7. The van der Waals surface area contributed by atoms with Gasteiger partial charge in [-0.25, -0.2) is 0 Å². The van der Waals surface area contributed by atoms with Gasteiger partial charge >= 0.3 is 0 Å². The third-order valence-corrected chi connectivity index (χ3v) is 4.96. The first kappa shape index (κ1) is 16.4. The summed E-state index contributed by atoms with van der Waals surface area (Å²) >= 11 is 3.92. The molecule has 1 amide bonds. The van der Waals surface area contributed by atoms with Crippen LogP contribution in [0.15, 0.2) is 54.6 Å². The van der Waals surface area contributed by atoms with Crippen molar-refractivity contribution in [3.63, 3.8) is 0 Å². The van der Waals surface area contributed by atoms with Crippen molar-refractivity contribution < 1.29 is 4.79 Å². The van der Waals surface area contributed by atoms with Crippen molar-refractivity contribution in [1.29, 1.82) is 0 Å². The fourth-order valence-electron chi connectivity index (χ4n) is 1.94. The number of benzene rings is 2. The minimum Gasteiger partial charge on any atom is -0.324 e. The van der Waals surface area contributed by atoms with Gasteiger partial charge in [-0.1, -0.05) is 42.5 Å². The molecule has 4 heteroatoms. The van der Waals surface area contributed by atoms with Crippen molar-refractivity contribution in [2.24, 2.45) is 0 Å². The monoisotopic (exact) mass is 411 g/mol. The van der Waals surface area contributed by atoms with E-state index in [2.05, 4.69) is 52.2 Å². The molecule has 0 aliphatic carbocycles. The molecule has 0 saturated carbocycles. The van der Waals surface area contributed by atoms with Crippen LogP contribution >= 0.6 is 34.4 Å². The van der Waals surface area contributed by atoms with E-state index in [1.54, 1.807) is 11.8 Å². The largest absolute Gasteiger partial charge is 0.324 e. The molecule has 0 unspecified atom stereocenters. The Kier molecular flexibility index (Phi) is 7.09. The Balaban J connectivity index is 1.63. The molecule has 0 fully saturated rings. The molecular weight excluding hydrogens is 393 g/mol. The molecule has 21 heavy (non-hydrogen) atoms. The van der Waals surface area contributed by atoms with Gasteiger partial charge in [-0.15, -0.1) is 0 Å². The molecule has 0 aliphatic rings. The lowest BCUT2D eigenvalue weighted by Crippen LogP contribution is -2.15. The number of amides is 1. The maximum atomic E-state index is 11.9. The minimum absolute atomic E-state index is 0.0730. The summed E-state index contributed by atoms with van der Waals surface area (Å²) in [6.07, 6.45) is 2.18. The van der Waals surface area contributed by atoms with E-state index in [1.165, 1.54) is 5.56 Å². The number of aryl methyl sites for hydroxylation is 1. The molecule has 2 aromatic rings. The summed E-state index contributed by atoms with van der Waals surface area (Å²) in [6.45, 7) is 0. The Morgan fingerprint density at radius 3 is 2.52 bits per heavy atom. The molecule has 0 aliphatic heterocycles. The topological polar surface area (TPSA) is 29.1 Å². The van der Waals surface area contributed by atoms with Gasteiger partial charge in [0.15, 0.2) is 0 Å². The molecule has 0 spiro atoms. The fraction of sp³-hybridized carbons (Fsp3) is 0.235. The third-order valence-electron chi connectivity index (χ3n) is 2.98. The summed E-state index contributed by atoms with van der Waals surface area (Å²) in [5.74, 6) is 1.59. The molecule has 110 valence electrons. The summed E-state index contributed by atoms with van der Waals surface area (Å²) in [5, 5.41) is 2.95. The molecule has 0 atom stereocenters. The summed E-state index contributed by atoms with van der Waals surface area (Å²) in [4.78, 5) is 11.9. The van der Waals surface area contributed by atoms with Crippen LogP contribution in [0.5, 0.6) is 0 Å². The van der Waals surface area contributed by atoms with E-state index >= 15 is 0 Å². The SMILES string of the molecule is O=C(CSCCCc1ccccc1)Nc1ccccc1I. The van der Waals surface area contributed by atoms with Gasteiger partial charge in [0.25, 0.3) is 0 Å². The van der Waals surface area contributed by atoms with Crippen LogP contribution in [0.3, 0.4) is 0 Å². The summed E-state index contributed by atoms with van der Waals surface area (Å²) in [7, 11) is 0. The average Bonchev–Trinajstić information content (AvgIpc) is 2.50. The van der Waals surface area contributed by atoms with Crippen LogP contribution in [-0.2, 0) is 11.2 Å². The Bertz CT molecular complexity index is 574. The number of carbonyl (C=O) groups excluding carboxylic acids is 1. The number of nitrogens with one attached hydrogen (secondary N) is 1. The summed E-state index contributed by atoms with van der Waals surface area (Å²) in [6, 6.07) is 18.3. The van der Waals surface area contributed by atoms with E-state index in [1.807, 2.05) is 30.3 Å². The van der Waals surface area contributed by atoms with Gasteiger partial charge in [-0.05, 0) is 58.9 Å². The molecule has 0 heterocycles. The van der Waals surface area contributed by atoms with Gasteiger partial charge in [0.1, 0.15) is 0 Å². The number of para-hydroxylation sites is 1. The van der Waals surface area contributed by atoms with Crippen molar-refractivity contribution in [3.8, 4) is 0 Å². The second kappa shape index (κ2) is 9.10. The number of hydrogen-bond acceptors (Lipinski definition) is 2. The highest BCUT2D eigenvalue weighted by atomic mass is 127. The highest BCUT2D eigenvalue weighted by Crippen LogP contribution is 2.17. The molecule has 2 rings (SSSR count). The zero-order valence-corrected chi connectivity index (χ0v) is 14.7. The second-order valence-electron chi connectivity index (χ2n) is 4.67. The van der Waals surface area contributed by atoms with Gasteiger partial charge in [-0.3, -0.25) is 4.79 Å². The van der Waals surface area contributed by atoms with Crippen LogP contribution in [-0.4, -0.2) is 17.4 Å². The second-order valence-corrected chi connectivity index (χ2v) is 6.94. The van der Waals surface area contributed by atoms with Crippen molar-refractivity contribution in [1.82, 2.24) is 0 Å². The lowest BCUT2D eigenvalue weighted by atomic mass is 10.1. The fourth-order valence-corrected chi connectivity index (χ4v) is 3.21. The van der Waals surface area contributed by atoms with Crippen molar-refractivity contribution >= 4 is 45.9 Å². The smallest absolute Gasteiger partial charge is 0.234 e. The van der Waals surface area contributed by atoms with Gasteiger partial charge in [-0.2, -0.15) is 11.8 Å². The van der Waals surface area contributed by atoms with Crippen molar-refractivity contribution in [3.05, 3.63) is 63.7 Å². The highest BCUT2D eigenvalue weighted by molar-refractivity contribution is 14.1. The number of hydrogen-bond donors (Lipinski definition) is 1. The normalized spacial score (nSPS) is 10.3. The number of anilines is 1. The molecule has 0 aromatic heterocycles. The van der Waals surface area contributed by atoms with E-state index in [0.717, 1.165) is 27.9 Å². The first-order valence-electron chi connectivity index (χ1n) is 6.92. The molecule has 2 aromatic carbocycles. The molecular formula is C17H18INOS. The van der Waals surface area contributed by atoms with Crippen LogP contribution in [0.4, 0.5) is 5.69 Å². The molecule has 0 bridgehead atoms. The Labute approximate surface area is 143 Å². The number of thioether (sulfide) groups is 1. The zero-order chi connectivity index (χ0) is 14.9. The summed E-state index contributed by atoms with van der Waals surface area (Å²) < 4.78 is 1.07. The average molecular weight is 411 g/mol. The predicted molar refractivity (Wildman–Crippen MR) is 99.9 cm³/mol. The maximum Gasteiger partial charge on any atom is 0.234 e. The first-order valence-corrected chi connectivity index (χ1v) is 9.15. The van der Waals surface area contributed by atoms with Crippen LogP contribution in [0.1, 0.15) is 12.0 Å². The standard InChI is InChI=1S/C17H18INOS/c18-15-10-4-5-11-16(15)19-17(20)13-21-12-6-9-14-7-2-1-3-8-14/h1-5,7-8,10-11H,6,9,12-13H2,(H,19,20). The number of halogens is 1. The predicted octanol–water partition coefficient (Wildman–Crippen LogP) is 4.60. The van der Waals surface area contributed by atoms with E-state index in [9.17, 15) is 4.79 Å². The van der Waals surface area contributed by atoms with Gasteiger partial charge in [0, 0.05) is 3.57 Å². The molecule has 0 radical (unpaired) electrons.